The van der Waals surface area contributed by atoms with Gasteiger partial charge < -0.3 is 10.5 Å². The minimum atomic E-state index is -3.25. The smallest absolute Gasteiger partial charge is 0.217 e. The van der Waals surface area contributed by atoms with Crippen LogP contribution < -0.4 is 5.73 Å². The Balaban J connectivity index is 2.23. The molecule has 16 heavy (non-hydrogen) atoms. The van der Waals surface area contributed by atoms with Crippen molar-refractivity contribution in [3.63, 3.8) is 0 Å². The summed E-state index contributed by atoms with van der Waals surface area (Å²) >= 11 is 0. The summed E-state index contributed by atoms with van der Waals surface area (Å²) in [5.74, 6) is 0.713. The van der Waals surface area contributed by atoms with E-state index in [1.807, 2.05) is 0 Å². The molecule has 1 aliphatic rings. The van der Waals surface area contributed by atoms with Crippen LogP contribution in [0.5, 0.6) is 0 Å². The molecule has 1 unspecified atom stereocenters. The number of hydrogen-bond donors (Lipinski definition) is 1. The van der Waals surface area contributed by atoms with E-state index in [2.05, 4.69) is 0 Å². The minimum absolute atomic E-state index is 0.148. The fraction of sp³-hybridized carbons (Fsp3) is 1.00. The topological polar surface area (TPSA) is 72.6 Å². The molecule has 1 aliphatic carbocycles. The molecule has 1 saturated carbocycles. The van der Waals surface area contributed by atoms with Crippen molar-refractivity contribution in [2.45, 2.75) is 25.0 Å². The molecule has 0 saturated heterocycles. The first-order chi connectivity index (χ1) is 7.48. The molecule has 0 amide bonds. The summed E-state index contributed by atoms with van der Waals surface area (Å²) in [6, 6.07) is 0. The van der Waals surface area contributed by atoms with Gasteiger partial charge in [-0.15, -0.1) is 0 Å². The molecule has 0 aromatic rings. The van der Waals surface area contributed by atoms with Gasteiger partial charge in [-0.05, 0) is 25.7 Å². The van der Waals surface area contributed by atoms with Crippen LogP contribution in [-0.2, 0) is 14.8 Å². The van der Waals surface area contributed by atoms with Gasteiger partial charge in [0.2, 0.25) is 10.0 Å². The normalized spacial score (nSPS) is 19.0. The van der Waals surface area contributed by atoms with E-state index in [4.69, 9.17) is 10.5 Å². The van der Waals surface area contributed by atoms with Crippen molar-refractivity contribution in [1.29, 1.82) is 0 Å². The Kier molecular flexibility index (Phi) is 5.17. The Labute approximate surface area is 98.0 Å². The van der Waals surface area contributed by atoms with Gasteiger partial charge in [-0.3, -0.25) is 0 Å². The number of ether oxygens (including phenoxy) is 1. The van der Waals surface area contributed by atoms with Gasteiger partial charge in [-0.25, -0.2) is 12.7 Å². The SMILES string of the molecule is CC(CN)S(=O)(=O)N(C)CCOCC1CC1. The van der Waals surface area contributed by atoms with E-state index >= 15 is 0 Å². The lowest BCUT2D eigenvalue weighted by atomic mass is 10.5. The Morgan fingerprint density at radius 1 is 1.50 bits per heavy atom. The van der Waals surface area contributed by atoms with Crippen molar-refractivity contribution >= 4 is 10.0 Å². The van der Waals surface area contributed by atoms with Gasteiger partial charge in [0.1, 0.15) is 0 Å². The Hall–Kier alpha value is -0.170. The maximum absolute atomic E-state index is 11.8. The molecule has 2 N–H and O–H groups in total. The molecular formula is C10H22N2O3S. The van der Waals surface area contributed by atoms with Gasteiger partial charge in [-0.2, -0.15) is 0 Å². The summed E-state index contributed by atoms with van der Waals surface area (Å²) in [7, 11) is -1.67. The van der Waals surface area contributed by atoms with Gasteiger partial charge in [0, 0.05) is 26.7 Å². The van der Waals surface area contributed by atoms with Crippen molar-refractivity contribution in [3.8, 4) is 0 Å². The van der Waals surface area contributed by atoms with Gasteiger partial charge in [0.15, 0.2) is 0 Å². The summed E-state index contributed by atoms with van der Waals surface area (Å²) in [5, 5.41) is -0.527. The third-order valence-corrected chi connectivity index (χ3v) is 5.14. The van der Waals surface area contributed by atoms with E-state index in [0.717, 1.165) is 6.61 Å². The third-order valence-electron chi connectivity index (χ3n) is 2.88. The highest BCUT2D eigenvalue weighted by Gasteiger charge is 2.25. The van der Waals surface area contributed by atoms with E-state index in [0.29, 0.717) is 19.1 Å². The van der Waals surface area contributed by atoms with Crippen molar-refractivity contribution in [2.75, 3.05) is 33.4 Å². The maximum atomic E-state index is 11.8. The molecule has 1 atom stereocenters. The molecule has 5 nitrogen and oxygen atoms in total. The summed E-state index contributed by atoms with van der Waals surface area (Å²) in [6.45, 7) is 3.40. The lowest BCUT2D eigenvalue weighted by Crippen LogP contribution is -2.40. The molecule has 1 rings (SSSR count). The fourth-order valence-corrected chi connectivity index (χ4v) is 2.47. The second-order valence-electron chi connectivity index (χ2n) is 4.43. The van der Waals surface area contributed by atoms with E-state index in [-0.39, 0.29) is 6.54 Å². The first-order valence-corrected chi connectivity index (χ1v) is 7.21. The molecule has 0 radical (unpaired) electrons. The monoisotopic (exact) mass is 250 g/mol. The first-order valence-electron chi connectivity index (χ1n) is 5.71. The number of sulfonamides is 1. The van der Waals surface area contributed by atoms with Crippen molar-refractivity contribution in [2.24, 2.45) is 11.7 Å². The fourth-order valence-electron chi connectivity index (χ4n) is 1.28. The van der Waals surface area contributed by atoms with E-state index in [9.17, 15) is 8.42 Å². The predicted molar refractivity (Wildman–Crippen MR) is 63.6 cm³/mol. The minimum Gasteiger partial charge on any atom is -0.380 e. The van der Waals surface area contributed by atoms with E-state index < -0.39 is 15.3 Å². The average Bonchev–Trinajstić information content (AvgIpc) is 3.06. The molecule has 0 aromatic heterocycles. The molecule has 96 valence electrons. The molecule has 0 aliphatic heterocycles. The van der Waals surface area contributed by atoms with E-state index in [1.54, 1.807) is 14.0 Å². The van der Waals surface area contributed by atoms with Gasteiger partial charge in [-0.1, -0.05) is 0 Å². The van der Waals surface area contributed by atoms with Gasteiger partial charge in [0.25, 0.3) is 0 Å². The van der Waals surface area contributed by atoms with Crippen LogP contribution >= 0.6 is 0 Å². The van der Waals surface area contributed by atoms with Crippen LogP contribution in [0.25, 0.3) is 0 Å². The molecule has 0 aromatic carbocycles. The van der Waals surface area contributed by atoms with Crippen molar-refractivity contribution < 1.29 is 13.2 Å². The summed E-state index contributed by atoms with van der Waals surface area (Å²) in [5.41, 5.74) is 5.36. The number of rotatable bonds is 8. The zero-order valence-electron chi connectivity index (χ0n) is 10.1. The van der Waals surface area contributed by atoms with Crippen LogP contribution in [-0.4, -0.2) is 51.3 Å². The maximum Gasteiger partial charge on any atom is 0.217 e. The highest BCUT2D eigenvalue weighted by molar-refractivity contribution is 7.89. The Morgan fingerprint density at radius 3 is 2.62 bits per heavy atom. The highest BCUT2D eigenvalue weighted by Crippen LogP contribution is 2.28. The highest BCUT2D eigenvalue weighted by atomic mass is 32.2. The van der Waals surface area contributed by atoms with Crippen LogP contribution in [0.4, 0.5) is 0 Å². The second kappa shape index (κ2) is 5.95. The van der Waals surface area contributed by atoms with Gasteiger partial charge >= 0.3 is 0 Å². The zero-order chi connectivity index (χ0) is 12.2. The van der Waals surface area contributed by atoms with Crippen LogP contribution in [0.1, 0.15) is 19.8 Å². The van der Waals surface area contributed by atoms with Crippen LogP contribution in [0.3, 0.4) is 0 Å². The number of likely N-dealkylation sites (N-methyl/N-ethyl adjacent to an activating group) is 1. The lowest BCUT2D eigenvalue weighted by molar-refractivity contribution is 0.117. The number of hydrogen-bond acceptors (Lipinski definition) is 4. The molecule has 0 spiro atoms. The molecular weight excluding hydrogens is 228 g/mol. The zero-order valence-corrected chi connectivity index (χ0v) is 10.9. The molecule has 6 heteroatoms. The standard InChI is InChI=1S/C10H22N2O3S/c1-9(7-11)16(13,14)12(2)5-6-15-8-10-3-4-10/h9-10H,3-8,11H2,1-2H3. The third kappa shape index (κ3) is 4.01. The summed E-state index contributed by atoms with van der Waals surface area (Å²) < 4.78 is 30.3. The largest absolute Gasteiger partial charge is 0.380 e. The predicted octanol–water partition coefficient (Wildman–Crippen LogP) is 0.0218. The number of nitrogens with two attached hydrogens (primary N) is 1. The molecule has 1 fully saturated rings. The van der Waals surface area contributed by atoms with Gasteiger partial charge in [0.05, 0.1) is 11.9 Å². The number of nitrogens with zero attached hydrogens (tertiary/aromatic N) is 1. The van der Waals surface area contributed by atoms with E-state index in [1.165, 1.54) is 17.1 Å². The molecule has 0 bridgehead atoms. The quantitative estimate of drug-likeness (QED) is 0.617. The Morgan fingerprint density at radius 2 is 2.12 bits per heavy atom. The van der Waals surface area contributed by atoms with Crippen LogP contribution in [0.15, 0.2) is 0 Å². The summed E-state index contributed by atoms with van der Waals surface area (Å²) in [6.07, 6.45) is 2.50. The first kappa shape index (κ1) is 13.9. The average molecular weight is 250 g/mol. The second-order valence-corrected chi connectivity index (χ2v) is 6.89. The van der Waals surface area contributed by atoms with Crippen molar-refractivity contribution in [1.82, 2.24) is 4.31 Å². The van der Waals surface area contributed by atoms with Crippen LogP contribution in [0.2, 0.25) is 0 Å². The lowest BCUT2D eigenvalue weighted by Gasteiger charge is -2.20. The van der Waals surface area contributed by atoms with Crippen molar-refractivity contribution in [3.05, 3.63) is 0 Å². The summed E-state index contributed by atoms with van der Waals surface area (Å²) in [4.78, 5) is 0. The Bertz CT molecular complexity index is 301. The van der Waals surface area contributed by atoms with Crippen LogP contribution in [0, 0.1) is 5.92 Å². The molecule has 0 heterocycles.